The lowest BCUT2D eigenvalue weighted by atomic mass is 10.0. The number of hydrogen-bond donors (Lipinski definition) is 1. The molecule has 3 rings (SSSR count). The van der Waals surface area contributed by atoms with E-state index in [0.717, 1.165) is 0 Å². The van der Waals surface area contributed by atoms with E-state index in [0.29, 0.717) is 27.4 Å². The highest BCUT2D eigenvalue weighted by Gasteiger charge is 2.13. The molecule has 0 atom stereocenters. The molecule has 1 N–H and O–H groups in total. The molecule has 26 heavy (non-hydrogen) atoms. The van der Waals surface area contributed by atoms with Crippen LogP contribution in [0.5, 0.6) is 0 Å². The maximum Gasteiger partial charge on any atom is 0.195 e. The van der Waals surface area contributed by atoms with Crippen molar-refractivity contribution in [1.82, 2.24) is 0 Å². The van der Waals surface area contributed by atoms with Gasteiger partial charge in [-0.15, -0.1) is 0 Å². The van der Waals surface area contributed by atoms with E-state index < -0.39 is 0 Å². The second-order valence-electron chi connectivity index (χ2n) is 5.59. The standard InChI is InChI=1S/C22H16ClNO2/c23-18-11-12-19(22(26)17-9-5-2-6-10-17)20(15-18)24-14-13-21(25)16-7-3-1-4-8-16/h1-15,24H/b14-13-. The zero-order chi connectivity index (χ0) is 18.4. The Kier molecular flexibility index (Phi) is 5.62. The summed E-state index contributed by atoms with van der Waals surface area (Å²) in [6.07, 6.45) is 2.94. The van der Waals surface area contributed by atoms with Gasteiger partial charge in [0, 0.05) is 34.0 Å². The van der Waals surface area contributed by atoms with Crippen LogP contribution in [-0.2, 0) is 0 Å². The van der Waals surface area contributed by atoms with Gasteiger partial charge < -0.3 is 5.32 Å². The molecule has 0 radical (unpaired) electrons. The highest BCUT2D eigenvalue weighted by molar-refractivity contribution is 6.31. The first-order chi connectivity index (χ1) is 12.6. The van der Waals surface area contributed by atoms with Crippen LogP contribution in [0.3, 0.4) is 0 Å². The Morgan fingerprint density at radius 3 is 2.08 bits per heavy atom. The quantitative estimate of drug-likeness (QED) is 0.473. The van der Waals surface area contributed by atoms with Crippen LogP contribution in [0.15, 0.2) is 91.1 Å². The van der Waals surface area contributed by atoms with Crippen LogP contribution in [-0.4, -0.2) is 11.6 Å². The Morgan fingerprint density at radius 1 is 0.808 bits per heavy atom. The van der Waals surface area contributed by atoms with Crippen LogP contribution >= 0.6 is 11.6 Å². The van der Waals surface area contributed by atoms with Gasteiger partial charge in [0.25, 0.3) is 0 Å². The van der Waals surface area contributed by atoms with Crippen molar-refractivity contribution in [3.63, 3.8) is 0 Å². The number of nitrogens with one attached hydrogen (secondary N) is 1. The van der Waals surface area contributed by atoms with Crippen molar-refractivity contribution in [2.45, 2.75) is 0 Å². The summed E-state index contributed by atoms with van der Waals surface area (Å²) < 4.78 is 0. The van der Waals surface area contributed by atoms with Crippen LogP contribution in [0.4, 0.5) is 5.69 Å². The van der Waals surface area contributed by atoms with Crippen LogP contribution in [0.2, 0.25) is 5.02 Å². The molecule has 0 saturated heterocycles. The fraction of sp³-hybridized carbons (Fsp3) is 0. The lowest BCUT2D eigenvalue weighted by molar-refractivity contribution is 0.103. The topological polar surface area (TPSA) is 46.2 Å². The van der Waals surface area contributed by atoms with Gasteiger partial charge in [0.2, 0.25) is 0 Å². The molecule has 0 amide bonds. The Balaban J connectivity index is 1.81. The highest BCUT2D eigenvalue weighted by Crippen LogP contribution is 2.24. The maximum absolute atomic E-state index is 12.7. The molecule has 0 aliphatic rings. The normalized spacial score (nSPS) is 10.7. The van der Waals surface area contributed by atoms with Gasteiger partial charge in [-0.2, -0.15) is 0 Å². The van der Waals surface area contributed by atoms with Crippen LogP contribution in [0, 0.1) is 0 Å². The minimum Gasteiger partial charge on any atom is -0.361 e. The highest BCUT2D eigenvalue weighted by atomic mass is 35.5. The van der Waals surface area contributed by atoms with Crippen molar-refractivity contribution >= 4 is 28.9 Å². The summed E-state index contributed by atoms with van der Waals surface area (Å²) in [5.41, 5.74) is 2.21. The van der Waals surface area contributed by atoms with Crippen LogP contribution in [0.25, 0.3) is 0 Å². The van der Waals surface area contributed by atoms with Crippen molar-refractivity contribution in [3.8, 4) is 0 Å². The van der Waals surface area contributed by atoms with Crippen molar-refractivity contribution in [3.05, 3.63) is 113 Å². The second-order valence-corrected chi connectivity index (χ2v) is 6.03. The molecule has 3 nitrogen and oxygen atoms in total. The fourth-order valence-corrected chi connectivity index (χ4v) is 2.66. The van der Waals surface area contributed by atoms with Gasteiger partial charge in [0.05, 0.1) is 5.69 Å². The predicted octanol–water partition coefficient (Wildman–Crippen LogP) is 5.38. The van der Waals surface area contributed by atoms with Gasteiger partial charge in [0.15, 0.2) is 11.6 Å². The van der Waals surface area contributed by atoms with Gasteiger partial charge in [-0.05, 0) is 18.2 Å². The lowest BCUT2D eigenvalue weighted by Crippen LogP contribution is -2.05. The summed E-state index contributed by atoms with van der Waals surface area (Å²) in [5, 5.41) is 3.50. The molecular formula is C22H16ClNO2. The molecule has 0 spiro atoms. The van der Waals surface area contributed by atoms with E-state index >= 15 is 0 Å². The van der Waals surface area contributed by atoms with Gasteiger partial charge in [-0.1, -0.05) is 72.3 Å². The van der Waals surface area contributed by atoms with E-state index in [2.05, 4.69) is 5.32 Å². The van der Waals surface area contributed by atoms with E-state index in [-0.39, 0.29) is 11.6 Å². The molecule has 3 aromatic carbocycles. The molecule has 0 saturated carbocycles. The molecular weight excluding hydrogens is 346 g/mol. The number of ketones is 2. The Morgan fingerprint density at radius 2 is 1.42 bits per heavy atom. The summed E-state index contributed by atoms with van der Waals surface area (Å²) in [7, 11) is 0. The molecule has 0 unspecified atom stereocenters. The van der Waals surface area contributed by atoms with Crippen LogP contribution in [0.1, 0.15) is 26.3 Å². The Bertz CT molecular complexity index is 950. The van der Waals surface area contributed by atoms with Gasteiger partial charge in [-0.3, -0.25) is 9.59 Å². The molecule has 0 aromatic heterocycles. The monoisotopic (exact) mass is 361 g/mol. The molecule has 0 aliphatic carbocycles. The summed E-state index contributed by atoms with van der Waals surface area (Å²) in [6, 6.07) is 23.0. The van der Waals surface area contributed by atoms with E-state index in [1.807, 2.05) is 36.4 Å². The molecule has 0 fully saturated rings. The minimum absolute atomic E-state index is 0.118. The van der Waals surface area contributed by atoms with Crippen molar-refractivity contribution in [2.24, 2.45) is 0 Å². The van der Waals surface area contributed by atoms with E-state index in [1.54, 1.807) is 42.5 Å². The largest absolute Gasteiger partial charge is 0.361 e. The maximum atomic E-state index is 12.7. The number of anilines is 1. The SMILES string of the molecule is O=C(/C=C\Nc1cc(Cl)ccc1C(=O)c1ccccc1)c1ccccc1. The average Bonchev–Trinajstić information content (AvgIpc) is 2.69. The smallest absolute Gasteiger partial charge is 0.195 e. The molecule has 128 valence electrons. The Hall–Kier alpha value is -3.17. The minimum atomic E-state index is -0.129. The number of halogens is 1. The van der Waals surface area contributed by atoms with E-state index in [1.165, 1.54) is 12.3 Å². The number of rotatable bonds is 6. The van der Waals surface area contributed by atoms with E-state index in [4.69, 9.17) is 11.6 Å². The molecule has 3 aromatic rings. The third-order valence-electron chi connectivity index (χ3n) is 3.79. The summed E-state index contributed by atoms with van der Waals surface area (Å²) >= 11 is 6.06. The van der Waals surface area contributed by atoms with Gasteiger partial charge in [0.1, 0.15) is 0 Å². The third kappa shape index (κ3) is 4.26. The number of benzene rings is 3. The van der Waals surface area contributed by atoms with Crippen molar-refractivity contribution in [1.29, 1.82) is 0 Å². The third-order valence-corrected chi connectivity index (χ3v) is 4.03. The zero-order valence-electron chi connectivity index (χ0n) is 13.9. The van der Waals surface area contributed by atoms with Crippen molar-refractivity contribution < 1.29 is 9.59 Å². The van der Waals surface area contributed by atoms with E-state index in [9.17, 15) is 9.59 Å². The second kappa shape index (κ2) is 8.28. The van der Waals surface area contributed by atoms with Crippen LogP contribution < -0.4 is 5.32 Å². The number of hydrogen-bond acceptors (Lipinski definition) is 3. The first-order valence-electron chi connectivity index (χ1n) is 8.07. The summed E-state index contributed by atoms with van der Waals surface area (Å²) in [4.78, 5) is 24.8. The predicted molar refractivity (Wildman–Crippen MR) is 105 cm³/mol. The first-order valence-corrected chi connectivity index (χ1v) is 8.45. The molecule has 0 heterocycles. The lowest BCUT2D eigenvalue weighted by Gasteiger charge is -2.09. The number of carbonyl (C=O) groups is 2. The fourth-order valence-electron chi connectivity index (χ4n) is 2.48. The number of allylic oxidation sites excluding steroid dienone is 1. The molecule has 4 heteroatoms. The Labute approximate surface area is 156 Å². The van der Waals surface area contributed by atoms with Gasteiger partial charge >= 0.3 is 0 Å². The average molecular weight is 362 g/mol. The van der Waals surface area contributed by atoms with Gasteiger partial charge in [-0.25, -0.2) is 0 Å². The number of carbonyl (C=O) groups excluding carboxylic acids is 2. The summed E-state index contributed by atoms with van der Waals surface area (Å²) in [6.45, 7) is 0. The first kappa shape index (κ1) is 17.6. The zero-order valence-corrected chi connectivity index (χ0v) is 14.6. The van der Waals surface area contributed by atoms with Crippen molar-refractivity contribution in [2.75, 3.05) is 5.32 Å². The molecule has 0 aliphatic heterocycles. The summed E-state index contributed by atoms with van der Waals surface area (Å²) in [5.74, 6) is -0.247. The molecule has 0 bridgehead atoms.